The van der Waals surface area contributed by atoms with Crippen LogP contribution in [0.25, 0.3) is 0 Å². The van der Waals surface area contributed by atoms with Crippen molar-refractivity contribution in [3.63, 3.8) is 0 Å². The van der Waals surface area contributed by atoms with Gasteiger partial charge in [-0.3, -0.25) is 9.59 Å². The van der Waals surface area contributed by atoms with Crippen molar-refractivity contribution in [2.45, 2.75) is 17.8 Å². The Bertz CT molecular complexity index is 657. The monoisotopic (exact) mass is 408 g/mol. The topological polar surface area (TPSA) is 110 Å². The molecule has 7 nitrogen and oxygen atoms in total. The van der Waals surface area contributed by atoms with E-state index in [2.05, 4.69) is 6.08 Å². The molecule has 1 aliphatic carbocycles. The molecule has 3 unspecified atom stereocenters. The van der Waals surface area contributed by atoms with Crippen LogP contribution in [0.1, 0.15) is 6.42 Å². The number of alkyl halides is 3. The number of primary amides is 1. The van der Waals surface area contributed by atoms with Gasteiger partial charge in [0.15, 0.2) is 0 Å². The van der Waals surface area contributed by atoms with E-state index < -0.39 is 23.3 Å². The van der Waals surface area contributed by atoms with E-state index in [0.717, 1.165) is 11.3 Å². The summed E-state index contributed by atoms with van der Waals surface area (Å²) < 4.78 is 37.0. The highest BCUT2D eigenvalue weighted by molar-refractivity contribution is 8.04. The van der Waals surface area contributed by atoms with Crippen molar-refractivity contribution in [3.8, 4) is 0 Å². The Hall–Kier alpha value is -2.01. The van der Waals surface area contributed by atoms with Crippen LogP contribution in [0.2, 0.25) is 0 Å². The van der Waals surface area contributed by atoms with Crippen LogP contribution < -0.4 is 5.73 Å². The standard InChI is InChI=1S/C14H18N2O3S.C2HF3O2/c15-13(17)12-11(9-3-1-2-4-10(9)20-12)14(18)16-5-7-19-8-6-16;3-2(4,5)1(6)7/h1-2,4,9,11-12H,3,5-8H2,(H2,15,17);(H,6,7). The summed E-state index contributed by atoms with van der Waals surface area (Å²) in [7, 11) is 0. The van der Waals surface area contributed by atoms with E-state index in [9.17, 15) is 22.8 Å². The molecule has 0 saturated carbocycles. The molecule has 2 heterocycles. The van der Waals surface area contributed by atoms with E-state index in [-0.39, 0.29) is 17.7 Å². The zero-order chi connectivity index (χ0) is 20.2. The predicted octanol–water partition coefficient (Wildman–Crippen LogP) is 1.16. The summed E-state index contributed by atoms with van der Waals surface area (Å²) in [4.78, 5) is 36.3. The van der Waals surface area contributed by atoms with Gasteiger partial charge in [0.25, 0.3) is 0 Å². The first-order valence-electron chi connectivity index (χ1n) is 8.12. The number of carbonyl (C=O) groups is 3. The lowest BCUT2D eigenvalue weighted by atomic mass is 9.83. The molecule has 0 spiro atoms. The van der Waals surface area contributed by atoms with Crippen LogP contribution in [0.4, 0.5) is 13.2 Å². The van der Waals surface area contributed by atoms with Crippen molar-refractivity contribution in [3.05, 3.63) is 23.1 Å². The summed E-state index contributed by atoms with van der Waals surface area (Å²) in [6.07, 6.45) is 1.76. The van der Waals surface area contributed by atoms with Gasteiger partial charge >= 0.3 is 12.1 Å². The highest BCUT2D eigenvalue weighted by Gasteiger charge is 2.48. The molecule has 0 radical (unpaired) electrons. The molecule has 2 saturated heterocycles. The summed E-state index contributed by atoms with van der Waals surface area (Å²) in [5.74, 6) is -3.32. The fourth-order valence-electron chi connectivity index (χ4n) is 3.04. The molecule has 2 aliphatic heterocycles. The highest BCUT2D eigenvalue weighted by atomic mass is 32.2. The normalized spacial score (nSPS) is 27.1. The quantitative estimate of drug-likeness (QED) is 0.710. The number of carbonyl (C=O) groups excluding carboxylic acids is 2. The molecule has 2 amide bonds. The predicted molar refractivity (Wildman–Crippen MR) is 90.5 cm³/mol. The molecule has 2 fully saturated rings. The van der Waals surface area contributed by atoms with Gasteiger partial charge in [0.2, 0.25) is 11.8 Å². The van der Waals surface area contributed by atoms with E-state index in [0.29, 0.717) is 26.3 Å². The number of hydrogen-bond acceptors (Lipinski definition) is 5. The van der Waals surface area contributed by atoms with Gasteiger partial charge in [0.05, 0.1) is 24.4 Å². The Morgan fingerprint density at radius 1 is 1.26 bits per heavy atom. The number of thioether (sulfide) groups is 1. The van der Waals surface area contributed by atoms with E-state index in [1.54, 1.807) is 0 Å². The second-order valence-corrected chi connectivity index (χ2v) is 7.26. The average molecular weight is 408 g/mol. The van der Waals surface area contributed by atoms with Gasteiger partial charge in [-0.05, 0) is 11.3 Å². The lowest BCUT2D eigenvalue weighted by molar-refractivity contribution is -0.192. The van der Waals surface area contributed by atoms with Crippen LogP contribution in [0.3, 0.4) is 0 Å². The van der Waals surface area contributed by atoms with Gasteiger partial charge in [-0.25, -0.2) is 4.79 Å². The molecule has 150 valence electrons. The second-order valence-electron chi connectivity index (χ2n) is 6.05. The number of morpholine rings is 1. The zero-order valence-electron chi connectivity index (χ0n) is 14.1. The maximum atomic E-state index is 12.8. The first-order valence-corrected chi connectivity index (χ1v) is 9.00. The van der Waals surface area contributed by atoms with Crippen molar-refractivity contribution in [1.82, 2.24) is 4.90 Å². The minimum absolute atomic E-state index is 0.0494. The molecule has 3 rings (SSSR count). The van der Waals surface area contributed by atoms with Gasteiger partial charge in [-0.2, -0.15) is 13.2 Å². The number of nitrogens with zero attached hydrogens (tertiary/aromatic N) is 1. The number of nitrogens with two attached hydrogens (primary N) is 1. The third-order valence-corrected chi connectivity index (χ3v) is 5.80. The van der Waals surface area contributed by atoms with Gasteiger partial charge in [0, 0.05) is 19.0 Å². The van der Waals surface area contributed by atoms with Crippen LogP contribution in [-0.4, -0.2) is 65.5 Å². The van der Waals surface area contributed by atoms with Crippen molar-refractivity contribution < 1.29 is 37.4 Å². The van der Waals surface area contributed by atoms with Gasteiger partial charge in [-0.1, -0.05) is 18.2 Å². The van der Waals surface area contributed by atoms with Crippen molar-refractivity contribution in [2.75, 3.05) is 26.3 Å². The number of rotatable bonds is 2. The maximum Gasteiger partial charge on any atom is 0.490 e. The summed E-state index contributed by atoms with van der Waals surface area (Å²) in [6.45, 7) is 2.35. The van der Waals surface area contributed by atoms with Crippen LogP contribution >= 0.6 is 11.8 Å². The summed E-state index contributed by atoms with van der Waals surface area (Å²) >= 11 is 1.46. The van der Waals surface area contributed by atoms with Crippen LogP contribution in [-0.2, 0) is 19.1 Å². The molecular weight excluding hydrogens is 389 g/mol. The van der Waals surface area contributed by atoms with Crippen molar-refractivity contribution in [2.24, 2.45) is 17.6 Å². The van der Waals surface area contributed by atoms with Crippen LogP contribution in [0.5, 0.6) is 0 Å². The lowest BCUT2D eigenvalue weighted by Gasteiger charge is -2.32. The molecule has 27 heavy (non-hydrogen) atoms. The number of carboxylic acids is 1. The molecule has 0 bridgehead atoms. The Balaban J connectivity index is 0.000000321. The second kappa shape index (κ2) is 8.79. The Kier molecular flexibility index (Phi) is 6.93. The molecule has 0 aromatic heterocycles. The largest absolute Gasteiger partial charge is 0.490 e. The van der Waals surface area contributed by atoms with Crippen molar-refractivity contribution >= 4 is 29.5 Å². The Morgan fingerprint density at radius 3 is 2.37 bits per heavy atom. The minimum Gasteiger partial charge on any atom is -0.475 e. The summed E-state index contributed by atoms with van der Waals surface area (Å²) in [5.41, 5.74) is 5.51. The molecule has 0 aromatic carbocycles. The number of aliphatic carboxylic acids is 1. The fraction of sp³-hybridized carbons (Fsp3) is 0.562. The number of fused-ring (bicyclic) bond motifs is 1. The number of halogens is 3. The number of allylic oxidation sites excluding steroid dienone is 4. The average Bonchev–Trinajstić information content (AvgIpc) is 3.01. The Morgan fingerprint density at radius 2 is 1.85 bits per heavy atom. The molecular formula is C16H19F3N2O5S. The minimum atomic E-state index is -5.08. The molecule has 3 N–H and O–H groups in total. The third kappa shape index (κ3) is 5.25. The number of carboxylic acid groups (broad SMARTS) is 1. The number of hydrogen-bond donors (Lipinski definition) is 2. The smallest absolute Gasteiger partial charge is 0.475 e. The SMILES string of the molecule is NC(=O)C1SC2=CC=CCC2C1C(=O)N1CCOCC1.O=C(O)C(F)(F)F. The first kappa shape index (κ1) is 21.3. The van der Waals surface area contributed by atoms with Crippen LogP contribution in [0, 0.1) is 11.8 Å². The first-order chi connectivity index (χ1) is 12.6. The van der Waals surface area contributed by atoms with Crippen LogP contribution in [0.15, 0.2) is 23.1 Å². The highest BCUT2D eigenvalue weighted by Crippen LogP contribution is 2.49. The molecule has 3 atom stereocenters. The van der Waals surface area contributed by atoms with E-state index >= 15 is 0 Å². The van der Waals surface area contributed by atoms with Gasteiger partial charge < -0.3 is 20.5 Å². The Labute approximate surface area is 157 Å². The summed E-state index contributed by atoms with van der Waals surface area (Å²) in [5, 5.41) is 6.68. The van der Waals surface area contributed by atoms with Crippen molar-refractivity contribution in [1.29, 1.82) is 0 Å². The molecule has 0 aromatic rings. The zero-order valence-corrected chi connectivity index (χ0v) is 15.0. The van der Waals surface area contributed by atoms with E-state index in [1.807, 2.05) is 17.1 Å². The number of ether oxygens (including phenoxy) is 1. The van der Waals surface area contributed by atoms with Gasteiger partial charge in [-0.15, -0.1) is 11.8 Å². The molecule has 11 heteroatoms. The van der Waals surface area contributed by atoms with Gasteiger partial charge in [0.1, 0.15) is 0 Å². The summed E-state index contributed by atoms with van der Waals surface area (Å²) in [6, 6.07) is 0. The fourth-order valence-corrected chi connectivity index (χ4v) is 4.48. The van der Waals surface area contributed by atoms with E-state index in [1.165, 1.54) is 11.8 Å². The number of amides is 2. The molecule has 3 aliphatic rings. The van der Waals surface area contributed by atoms with E-state index in [4.69, 9.17) is 20.4 Å². The third-order valence-electron chi connectivity index (χ3n) is 4.31. The lowest BCUT2D eigenvalue weighted by Crippen LogP contribution is -2.48. The maximum absolute atomic E-state index is 12.8.